The van der Waals surface area contributed by atoms with E-state index in [0.717, 1.165) is 11.1 Å². The van der Waals surface area contributed by atoms with Gasteiger partial charge < -0.3 is 10.2 Å². The lowest BCUT2D eigenvalue weighted by molar-refractivity contribution is -0.127. The molecular weight excluding hydrogens is 298 g/mol. The van der Waals surface area contributed by atoms with E-state index in [1.807, 2.05) is 54.5 Å². The van der Waals surface area contributed by atoms with Crippen molar-refractivity contribution < 1.29 is 4.79 Å². The van der Waals surface area contributed by atoms with Crippen molar-refractivity contribution >= 4 is 17.5 Å². The first kappa shape index (κ1) is 15.0. The second-order valence-corrected chi connectivity index (χ2v) is 5.99. The van der Waals surface area contributed by atoms with Crippen molar-refractivity contribution in [1.82, 2.24) is 15.2 Å². The predicted molar refractivity (Wildman–Crippen MR) is 86.4 cm³/mol. The van der Waals surface area contributed by atoms with Gasteiger partial charge in [0.05, 0.1) is 6.04 Å². The van der Waals surface area contributed by atoms with E-state index >= 15 is 0 Å². The Morgan fingerprint density at radius 1 is 1.32 bits per heavy atom. The highest BCUT2D eigenvalue weighted by Crippen LogP contribution is 2.32. The number of likely N-dealkylation sites (N-methyl/N-ethyl adjacent to an activating group) is 1. The molecule has 1 aliphatic heterocycles. The van der Waals surface area contributed by atoms with E-state index in [1.165, 1.54) is 0 Å². The van der Waals surface area contributed by atoms with Gasteiger partial charge in [-0.25, -0.2) is 0 Å². The molecule has 4 nitrogen and oxygen atoms in total. The maximum absolute atomic E-state index is 12.1. The first-order valence-electron chi connectivity index (χ1n) is 7.28. The number of pyridine rings is 1. The fraction of sp³-hybridized carbons (Fsp3) is 0.294. The highest BCUT2D eigenvalue weighted by molar-refractivity contribution is 6.30. The van der Waals surface area contributed by atoms with Gasteiger partial charge in [-0.05, 0) is 29.3 Å². The van der Waals surface area contributed by atoms with Crippen molar-refractivity contribution in [2.24, 2.45) is 0 Å². The number of benzene rings is 1. The summed E-state index contributed by atoms with van der Waals surface area (Å²) in [5, 5.41) is 4.19. The molecule has 1 fully saturated rings. The molecule has 2 aromatic rings. The molecule has 0 spiro atoms. The van der Waals surface area contributed by atoms with E-state index in [9.17, 15) is 4.79 Å². The van der Waals surface area contributed by atoms with E-state index in [2.05, 4.69) is 10.3 Å². The fourth-order valence-electron chi connectivity index (χ4n) is 2.92. The Balaban J connectivity index is 1.76. The zero-order valence-electron chi connectivity index (χ0n) is 12.4. The Morgan fingerprint density at radius 3 is 2.77 bits per heavy atom. The third-order valence-electron chi connectivity index (χ3n) is 4.09. The number of nitrogens with one attached hydrogen (secondary N) is 1. The zero-order valence-corrected chi connectivity index (χ0v) is 13.1. The molecule has 3 rings (SSSR count). The van der Waals surface area contributed by atoms with Crippen LogP contribution in [0.3, 0.4) is 0 Å². The van der Waals surface area contributed by atoms with Gasteiger partial charge in [-0.15, -0.1) is 0 Å². The van der Waals surface area contributed by atoms with E-state index in [-0.39, 0.29) is 18.0 Å². The van der Waals surface area contributed by atoms with Gasteiger partial charge in [0.2, 0.25) is 5.91 Å². The molecule has 2 atom stereocenters. The van der Waals surface area contributed by atoms with Gasteiger partial charge in [-0.2, -0.15) is 0 Å². The molecular formula is C17H18ClN3O. The molecule has 22 heavy (non-hydrogen) atoms. The second kappa shape index (κ2) is 6.46. The summed E-state index contributed by atoms with van der Waals surface area (Å²) >= 11 is 5.96. The van der Waals surface area contributed by atoms with Crippen LogP contribution in [-0.4, -0.2) is 28.9 Å². The van der Waals surface area contributed by atoms with E-state index in [4.69, 9.17) is 11.6 Å². The van der Waals surface area contributed by atoms with Crippen molar-refractivity contribution in [3.63, 3.8) is 0 Å². The summed E-state index contributed by atoms with van der Waals surface area (Å²) in [5.41, 5.74) is 2.21. The lowest BCUT2D eigenvalue weighted by Crippen LogP contribution is -2.34. The minimum Gasteiger partial charge on any atom is -0.337 e. The summed E-state index contributed by atoms with van der Waals surface area (Å²) in [5.74, 6) is 0.156. The van der Waals surface area contributed by atoms with Crippen LogP contribution in [0.4, 0.5) is 0 Å². The SMILES string of the molecule is CN1C(=O)CC(NCc2cccnc2)C1c1ccc(Cl)cc1. The molecule has 1 aromatic heterocycles. The second-order valence-electron chi connectivity index (χ2n) is 5.55. The fourth-order valence-corrected chi connectivity index (χ4v) is 3.05. The van der Waals surface area contributed by atoms with Crippen molar-refractivity contribution in [3.8, 4) is 0 Å². The molecule has 2 heterocycles. The molecule has 0 radical (unpaired) electrons. The van der Waals surface area contributed by atoms with E-state index in [1.54, 1.807) is 6.20 Å². The van der Waals surface area contributed by atoms with Gasteiger partial charge in [0.15, 0.2) is 0 Å². The largest absolute Gasteiger partial charge is 0.337 e. The summed E-state index contributed by atoms with van der Waals surface area (Å²) in [6.45, 7) is 0.698. The molecule has 114 valence electrons. The highest BCUT2D eigenvalue weighted by Gasteiger charge is 2.38. The van der Waals surface area contributed by atoms with E-state index < -0.39 is 0 Å². The number of aromatic nitrogens is 1. The van der Waals surface area contributed by atoms with Gasteiger partial charge in [-0.1, -0.05) is 29.8 Å². The number of halogens is 1. The van der Waals surface area contributed by atoms with Gasteiger partial charge in [0.1, 0.15) is 0 Å². The molecule has 1 aromatic carbocycles. The first-order chi connectivity index (χ1) is 10.6. The van der Waals surface area contributed by atoms with Crippen molar-refractivity contribution in [2.75, 3.05) is 7.05 Å². The van der Waals surface area contributed by atoms with Gasteiger partial charge in [0.25, 0.3) is 0 Å². The minimum atomic E-state index is 0.0291. The van der Waals surface area contributed by atoms with Crippen LogP contribution in [0.5, 0.6) is 0 Å². The summed E-state index contributed by atoms with van der Waals surface area (Å²) in [6, 6.07) is 11.8. The quantitative estimate of drug-likeness (QED) is 0.943. The number of hydrogen-bond donors (Lipinski definition) is 1. The molecule has 1 amide bonds. The standard InChI is InChI=1S/C17H18ClN3O/c1-21-16(22)9-15(20-11-12-3-2-8-19-10-12)17(21)13-4-6-14(18)7-5-13/h2-8,10,15,17,20H,9,11H2,1H3. The van der Waals surface area contributed by atoms with Crippen molar-refractivity contribution in [3.05, 3.63) is 64.9 Å². The molecule has 1 saturated heterocycles. The number of carbonyl (C=O) groups excluding carboxylic acids is 1. The number of likely N-dealkylation sites (tertiary alicyclic amines) is 1. The maximum Gasteiger partial charge on any atom is 0.224 e. The average Bonchev–Trinajstić information content (AvgIpc) is 2.82. The molecule has 0 bridgehead atoms. The molecule has 5 heteroatoms. The lowest BCUT2D eigenvalue weighted by atomic mass is 10.00. The first-order valence-corrected chi connectivity index (χ1v) is 7.66. The Morgan fingerprint density at radius 2 is 2.09 bits per heavy atom. The van der Waals surface area contributed by atoms with Crippen LogP contribution >= 0.6 is 11.6 Å². The van der Waals surface area contributed by atoms with Gasteiger partial charge in [0, 0.05) is 43.5 Å². The summed E-state index contributed by atoms with van der Waals surface area (Å²) in [6.07, 6.45) is 4.10. The summed E-state index contributed by atoms with van der Waals surface area (Å²) in [7, 11) is 1.85. The lowest BCUT2D eigenvalue weighted by Gasteiger charge is -2.26. The Labute approximate surface area is 135 Å². The summed E-state index contributed by atoms with van der Waals surface area (Å²) in [4.78, 5) is 18.0. The van der Waals surface area contributed by atoms with Crippen LogP contribution in [0.25, 0.3) is 0 Å². The summed E-state index contributed by atoms with van der Waals surface area (Å²) < 4.78 is 0. The average molecular weight is 316 g/mol. The third-order valence-corrected chi connectivity index (χ3v) is 4.34. The third kappa shape index (κ3) is 3.13. The van der Waals surface area contributed by atoms with Crippen LogP contribution in [0, 0.1) is 0 Å². The maximum atomic E-state index is 12.1. The van der Waals surface area contributed by atoms with Crippen molar-refractivity contribution in [1.29, 1.82) is 0 Å². The Hall–Kier alpha value is -1.91. The van der Waals surface area contributed by atoms with Crippen LogP contribution in [0.2, 0.25) is 5.02 Å². The number of hydrogen-bond acceptors (Lipinski definition) is 3. The molecule has 1 aliphatic rings. The highest BCUT2D eigenvalue weighted by atomic mass is 35.5. The van der Waals surface area contributed by atoms with Gasteiger partial charge >= 0.3 is 0 Å². The Bertz CT molecular complexity index is 645. The number of rotatable bonds is 4. The number of nitrogens with zero attached hydrogens (tertiary/aromatic N) is 2. The van der Waals surface area contributed by atoms with Crippen LogP contribution in [0.15, 0.2) is 48.8 Å². The van der Waals surface area contributed by atoms with Crippen LogP contribution < -0.4 is 5.32 Å². The smallest absolute Gasteiger partial charge is 0.224 e. The minimum absolute atomic E-state index is 0.0291. The molecule has 0 aliphatic carbocycles. The van der Waals surface area contributed by atoms with Crippen molar-refractivity contribution in [2.45, 2.75) is 25.0 Å². The topological polar surface area (TPSA) is 45.2 Å². The van der Waals surface area contributed by atoms with Gasteiger partial charge in [-0.3, -0.25) is 9.78 Å². The molecule has 2 unspecified atom stereocenters. The number of carbonyl (C=O) groups is 1. The molecule has 1 N–H and O–H groups in total. The monoisotopic (exact) mass is 315 g/mol. The normalized spacial score (nSPS) is 21.4. The Kier molecular flexibility index (Phi) is 4.41. The number of amides is 1. The van der Waals surface area contributed by atoms with Crippen LogP contribution in [-0.2, 0) is 11.3 Å². The predicted octanol–water partition coefficient (Wildman–Crippen LogP) is 2.80. The molecule has 0 saturated carbocycles. The van der Waals surface area contributed by atoms with E-state index in [0.29, 0.717) is 18.0 Å². The van der Waals surface area contributed by atoms with Crippen LogP contribution in [0.1, 0.15) is 23.6 Å². The zero-order chi connectivity index (χ0) is 15.5.